The van der Waals surface area contributed by atoms with Gasteiger partial charge in [-0.2, -0.15) is 0 Å². The minimum atomic E-state index is -0.336. The molecule has 0 aromatic heterocycles. The minimum Gasteiger partial charge on any atom is -0.497 e. The predicted octanol–water partition coefficient (Wildman–Crippen LogP) is 4.67. The smallest absolute Gasteiger partial charge is 0.312 e. The SMILES string of the molecule is COC(=O)[C@@H]1C2C=CC=CC=C2N(c2ccc(OC)cc2)[C@H]1c1ccccc1. The van der Waals surface area contributed by atoms with Crippen molar-refractivity contribution in [2.24, 2.45) is 11.8 Å². The monoisotopic (exact) mass is 373 g/mol. The van der Waals surface area contributed by atoms with Crippen LogP contribution < -0.4 is 9.64 Å². The van der Waals surface area contributed by atoms with Crippen LogP contribution in [0.25, 0.3) is 0 Å². The molecule has 3 atom stereocenters. The first-order chi connectivity index (χ1) is 13.7. The van der Waals surface area contributed by atoms with Crippen LogP contribution in [0.15, 0.2) is 90.7 Å². The summed E-state index contributed by atoms with van der Waals surface area (Å²) < 4.78 is 10.5. The van der Waals surface area contributed by atoms with Crippen molar-refractivity contribution in [2.75, 3.05) is 19.1 Å². The topological polar surface area (TPSA) is 38.8 Å². The molecule has 1 fully saturated rings. The molecule has 1 heterocycles. The third kappa shape index (κ3) is 3.11. The number of fused-ring (bicyclic) bond motifs is 1. The molecule has 1 unspecified atom stereocenters. The highest BCUT2D eigenvalue weighted by atomic mass is 16.5. The third-order valence-electron chi connectivity index (χ3n) is 5.40. The fourth-order valence-electron chi connectivity index (χ4n) is 4.14. The van der Waals surface area contributed by atoms with Crippen LogP contribution in [0.3, 0.4) is 0 Å². The Morgan fingerprint density at radius 1 is 0.929 bits per heavy atom. The quantitative estimate of drug-likeness (QED) is 0.730. The molecule has 2 aliphatic rings. The Balaban J connectivity index is 1.90. The Bertz CT molecular complexity index is 928. The minimum absolute atomic E-state index is 0.0604. The average Bonchev–Trinajstić information content (AvgIpc) is 2.89. The van der Waals surface area contributed by atoms with E-state index in [1.165, 1.54) is 7.11 Å². The van der Waals surface area contributed by atoms with E-state index in [0.717, 1.165) is 22.7 Å². The number of hydrogen-bond donors (Lipinski definition) is 0. The second-order valence-corrected chi connectivity index (χ2v) is 6.86. The summed E-state index contributed by atoms with van der Waals surface area (Å²) in [4.78, 5) is 15.1. The van der Waals surface area contributed by atoms with Gasteiger partial charge in [0, 0.05) is 17.3 Å². The van der Waals surface area contributed by atoms with Gasteiger partial charge in [-0.3, -0.25) is 4.79 Å². The molecule has 1 aliphatic heterocycles. The number of nitrogens with zero attached hydrogens (tertiary/aromatic N) is 1. The lowest BCUT2D eigenvalue weighted by Gasteiger charge is -2.30. The molecule has 0 saturated carbocycles. The van der Waals surface area contributed by atoms with E-state index in [2.05, 4.69) is 29.2 Å². The van der Waals surface area contributed by atoms with Crippen LogP contribution in [0.1, 0.15) is 11.6 Å². The van der Waals surface area contributed by atoms with Gasteiger partial charge in [0.2, 0.25) is 0 Å². The Hall–Kier alpha value is -3.27. The van der Waals surface area contributed by atoms with Gasteiger partial charge >= 0.3 is 5.97 Å². The first kappa shape index (κ1) is 18.1. The molecule has 2 aromatic carbocycles. The summed E-state index contributed by atoms with van der Waals surface area (Å²) >= 11 is 0. The van der Waals surface area contributed by atoms with E-state index in [1.807, 2.05) is 60.7 Å². The number of ether oxygens (including phenoxy) is 2. The van der Waals surface area contributed by atoms with Crippen molar-refractivity contribution in [1.82, 2.24) is 0 Å². The van der Waals surface area contributed by atoms with Gasteiger partial charge in [-0.25, -0.2) is 0 Å². The largest absolute Gasteiger partial charge is 0.497 e. The average molecular weight is 373 g/mol. The highest BCUT2D eigenvalue weighted by Crippen LogP contribution is 2.51. The van der Waals surface area contributed by atoms with Gasteiger partial charge in [0.25, 0.3) is 0 Å². The fourth-order valence-corrected chi connectivity index (χ4v) is 4.14. The maximum atomic E-state index is 12.9. The van der Waals surface area contributed by atoms with Crippen LogP contribution in [0.2, 0.25) is 0 Å². The summed E-state index contributed by atoms with van der Waals surface area (Å²) in [6.45, 7) is 0. The van der Waals surface area contributed by atoms with Crippen LogP contribution >= 0.6 is 0 Å². The first-order valence-corrected chi connectivity index (χ1v) is 9.35. The number of allylic oxidation sites excluding steroid dienone is 5. The standard InChI is InChI=1S/C24H23NO3/c1-27-19-15-13-18(14-16-19)25-21-12-8-4-7-11-20(21)22(24(26)28-2)23(25)17-9-5-3-6-10-17/h3-16,20,22-23H,1-2H3/t20?,22-,23+/m1/s1. The highest BCUT2D eigenvalue weighted by Gasteiger charge is 2.49. The van der Waals surface area contributed by atoms with Crippen LogP contribution in [-0.2, 0) is 9.53 Å². The molecule has 0 N–H and O–H groups in total. The van der Waals surface area contributed by atoms with Gasteiger partial charge in [0.15, 0.2) is 0 Å². The van der Waals surface area contributed by atoms with E-state index in [-0.39, 0.29) is 23.8 Å². The number of hydrogen-bond acceptors (Lipinski definition) is 4. The molecule has 4 nitrogen and oxygen atoms in total. The van der Waals surface area contributed by atoms with Gasteiger partial charge in [-0.05, 0) is 35.9 Å². The fraction of sp³-hybridized carbons (Fsp3) is 0.208. The molecule has 0 spiro atoms. The van der Waals surface area contributed by atoms with Gasteiger partial charge in [0.1, 0.15) is 5.75 Å². The van der Waals surface area contributed by atoms with Crippen molar-refractivity contribution in [3.8, 4) is 5.75 Å². The predicted molar refractivity (Wildman–Crippen MR) is 110 cm³/mol. The zero-order chi connectivity index (χ0) is 19.5. The Labute approximate surface area is 165 Å². The molecule has 4 rings (SSSR count). The lowest BCUT2D eigenvalue weighted by atomic mass is 9.85. The molecule has 4 heteroatoms. The number of esters is 1. The van der Waals surface area contributed by atoms with Crippen molar-refractivity contribution in [3.05, 3.63) is 96.2 Å². The zero-order valence-electron chi connectivity index (χ0n) is 16.0. The Kier molecular flexibility index (Phi) is 5.02. The molecule has 0 radical (unpaired) electrons. The summed E-state index contributed by atoms with van der Waals surface area (Å²) in [5, 5.41) is 0. The molecule has 2 aromatic rings. The van der Waals surface area contributed by atoms with Crippen molar-refractivity contribution in [2.45, 2.75) is 6.04 Å². The summed E-state index contributed by atoms with van der Waals surface area (Å²) in [7, 11) is 3.12. The van der Waals surface area contributed by atoms with Gasteiger partial charge in [0.05, 0.1) is 26.2 Å². The van der Waals surface area contributed by atoms with Gasteiger partial charge in [-0.1, -0.05) is 54.6 Å². The van der Waals surface area contributed by atoms with Crippen molar-refractivity contribution in [1.29, 1.82) is 0 Å². The number of carbonyl (C=O) groups excluding carboxylic acids is 1. The van der Waals surface area contributed by atoms with Crippen molar-refractivity contribution in [3.63, 3.8) is 0 Å². The first-order valence-electron chi connectivity index (χ1n) is 9.35. The zero-order valence-corrected chi connectivity index (χ0v) is 16.0. The third-order valence-corrected chi connectivity index (χ3v) is 5.40. The Morgan fingerprint density at radius 3 is 2.36 bits per heavy atom. The number of benzene rings is 2. The van der Waals surface area contributed by atoms with E-state index in [1.54, 1.807) is 7.11 Å². The summed E-state index contributed by atoms with van der Waals surface area (Å²) in [5.74, 6) is 0.203. The maximum absolute atomic E-state index is 12.9. The lowest BCUT2D eigenvalue weighted by Crippen LogP contribution is -2.29. The molecular weight excluding hydrogens is 350 g/mol. The molecule has 142 valence electrons. The van der Waals surface area contributed by atoms with E-state index in [0.29, 0.717) is 0 Å². The number of anilines is 1. The normalized spacial score (nSPS) is 23.0. The number of carbonyl (C=O) groups is 1. The van der Waals surface area contributed by atoms with Crippen LogP contribution in [0.4, 0.5) is 5.69 Å². The molecule has 1 aliphatic carbocycles. The van der Waals surface area contributed by atoms with Gasteiger partial charge in [-0.15, -0.1) is 0 Å². The van der Waals surface area contributed by atoms with E-state index in [9.17, 15) is 4.79 Å². The molecule has 0 bridgehead atoms. The summed E-state index contributed by atoms with van der Waals surface area (Å²) in [5.41, 5.74) is 3.18. The number of methoxy groups -OCH3 is 2. The van der Waals surface area contributed by atoms with E-state index < -0.39 is 0 Å². The second-order valence-electron chi connectivity index (χ2n) is 6.86. The molecule has 1 saturated heterocycles. The van der Waals surface area contributed by atoms with Crippen molar-refractivity contribution < 1.29 is 14.3 Å². The van der Waals surface area contributed by atoms with Crippen LogP contribution in [-0.4, -0.2) is 20.2 Å². The number of rotatable bonds is 4. The molecular formula is C24H23NO3. The van der Waals surface area contributed by atoms with E-state index >= 15 is 0 Å². The summed E-state index contributed by atoms with van der Waals surface area (Å²) in [6, 6.07) is 17.9. The second kappa shape index (κ2) is 7.77. The van der Waals surface area contributed by atoms with Gasteiger partial charge < -0.3 is 14.4 Å². The van der Waals surface area contributed by atoms with Crippen LogP contribution in [0, 0.1) is 11.8 Å². The highest BCUT2D eigenvalue weighted by molar-refractivity contribution is 5.79. The molecule has 28 heavy (non-hydrogen) atoms. The molecule has 0 amide bonds. The lowest BCUT2D eigenvalue weighted by molar-refractivity contribution is -0.146. The maximum Gasteiger partial charge on any atom is 0.312 e. The Morgan fingerprint density at radius 2 is 1.68 bits per heavy atom. The van der Waals surface area contributed by atoms with Crippen LogP contribution in [0.5, 0.6) is 5.75 Å². The van der Waals surface area contributed by atoms with Crippen molar-refractivity contribution >= 4 is 11.7 Å². The summed E-state index contributed by atoms with van der Waals surface area (Å²) in [6.07, 6.45) is 10.2. The van der Waals surface area contributed by atoms with E-state index in [4.69, 9.17) is 9.47 Å².